The van der Waals surface area contributed by atoms with E-state index in [-0.39, 0.29) is 42.4 Å². The van der Waals surface area contributed by atoms with Crippen LogP contribution in [-0.4, -0.2) is 51.6 Å². The Hall–Kier alpha value is -3.55. The van der Waals surface area contributed by atoms with Gasteiger partial charge in [0.25, 0.3) is 0 Å². The van der Waals surface area contributed by atoms with Crippen molar-refractivity contribution in [2.75, 3.05) is 13.1 Å². The standard InChI is InChI=1S/C23H20F5N6O2S/c1-11-20(21(31-30-11)23(26,27)28)33-7-6-13(9-34(33)12(2)35)22-29-17(10-37-22)16-8-18(36-32-16)19-14(24)4-3-5-15(19)25/h3-5,10,13,18H,6-9H2,1-2H3. The lowest BCUT2D eigenvalue weighted by molar-refractivity contribution is -0.147. The molecule has 195 valence electrons. The Balaban J connectivity index is 1.31. The molecular formula is C23H20F5N6O2S. The monoisotopic (exact) mass is 539 g/mol. The second-order valence-electron chi connectivity index (χ2n) is 8.73. The Labute approximate surface area is 212 Å². The van der Waals surface area contributed by atoms with Gasteiger partial charge in [0.1, 0.15) is 23.0 Å². The third-order valence-corrected chi connectivity index (χ3v) is 7.30. The van der Waals surface area contributed by atoms with Crippen LogP contribution in [0, 0.1) is 11.6 Å². The van der Waals surface area contributed by atoms with Crippen molar-refractivity contribution in [3.63, 3.8) is 0 Å². The number of amides is 1. The van der Waals surface area contributed by atoms with Crippen molar-refractivity contribution in [2.45, 2.75) is 44.9 Å². The number of nitrogens with zero attached hydrogens (tertiary/aromatic N) is 6. The SMILES string of the molecule is CC(=O)N1CC(c2nc(C3=NOC(c4c(F)cccc4F)C3)cs2)CCN1C1=C(C)[N]N=C1C(F)(F)F. The lowest BCUT2D eigenvalue weighted by Crippen LogP contribution is -2.53. The average molecular weight is 540 g/mol. The Morgan fingerprint density at radius 1 is 1.22 bits per heavy atom. The van der Waals surface area contributed by atoms with E-state index in [1.165, 1.54) is 41.3 Å². The van der Waals surface area contributed by atoms with Gasteiger partial charge in [0.2, 0.25) is 5.91 Å². The van der Waals surface area contributed by atoms with Crippen molar-refractivity contribution in [1.82, 2.24) is 20.4 Å². The molecular weight excluding hydrogens is 519 g/mol. The number of thiazole rings is 1. The largest absolute Gasteiger partial charge is 0.437 e. The molecule has 0 N–H and O–H groups in total. The molecule has 4 heterocycles. The number of carbonyl (C=O) groups is 1. The molecule has 0 bridgehead atoms. The second kappa shape index (κ2) is 9.39. The van der Waals surface area contributed by atoms with Gasteiger partial charge in [0, 0.05) is 31.2 Å². The van der Waals surface area contributed by atoms with Crippen LogP contribution in [0.1, 0.15) is 55.0 Å². The van der Waals surface area contributed by atoms with Crippen LogP contribution in [-0.2, 0) is 9.63 Å². The van der Waals surface area contributed by atoms with Gasteiger partial charge in [0.15, 0.2) is 11.8 Å². The molecule has 14 heteroatoms. The van der Waals surface area contributed by atoms with Crippen LogP contribution in [0.3, 0.4) is 0 Å². The third-order valence-electron chi connectivity index (χ3n) is 6.29. The van der Waals surface area contributed by atoms with Crippen LogP contribution in [0.5, 0.6) is 0 Å². The van der Waals surface area contributed by atoms with E-state index in [2.05, 4.69) is 20.7 Å². The molecule has 5 rings (SSSR count). The summed E-state index contributed by atoms with van der Waals surface area (Å²) in [5.74, 6) is -2.13. The highest BCUT2D eigenvalue weighted by molar-refractivity contribution is 7.10. The highest BCUT2D eigenvalue weighted by atomic mass is 32.1. The van der Waals surface area contributed by atoms with E-state index in [0.717, 1.165) is 12.1 Å². The van der Waals surface area contributed by atoms with Crippen molar-refractivity contribution in [3.8, 4) is 0 Å². The summed E-state index contributed by atoms with van der Waals surface area (Å²) in [6, 6.07) is 3.56. The van der Waals surface area contributed by atoms with Gasteiger partial charge in [0.05, 0.1) is 28.5 Å². The smallest absolute Gasteiger partial charge is 0.387 e. The van der Waals surface area contributed by atoms with E-state index >= 15 is 0 Å². The topological polar surface area (TPSA) is 84.5 Å². The number of oxime groups is 1. The summed E-state index contributed by atoms with van der Waals surface area (Å²) >= 11 is 1.31. The minimum absolute atomic E-state index is 0.0775. The molecule has 2 atom stereocenters. The van der Waals surface area contributed by atoms with Gasteiger partial charge < -0.3 is 4.84 Å². The van der Waals surface area contributed by atoms with Crippen LogP contribution in [0.25, 0.3) is 0 Å². The highest BCUT2D eigenvalue weighted by Crippen LogP contribution is 2.37. The van der Waals surface area contributed by atoms with E-state index in [0.29, 0.717) is 22.8 Å². The third kappa shape index (κ3) is 4.65. The summed E-state index contributed by atoms with van der Waals surface area (Å²) in [5, 5.41) is 12.2. The summed E-state index contributed by atoms with van der Waals surface area (Å²) in [6.45, 7) is 2.92. The van der Waals surface area contributed by atoms with Gasteiger partial charge in [-0.05, 0) is 25.5 Å². The van der Waals surface area contributed by atoms with Gasteiger partial charge in [-0.15, -0.1) is 16.4 Å². The molecule has 1 radical (unpaired) electrons. The number of alkyl halides is 3. The summed E-state index contributed by atoms with van der Waals surface area (Å²) in [6.07, 6.45) is -5.09. The van der Waals surface area contributed by atoms with E-state index in [9.17, 15) is 26.7 Å². The first kappa shape index (κ1) is 25.1. The number of hydrogen-bond donors (Lipinski definition) is 0. The molecule has 0 saturated carbocycles. The van der Waals surface area contributed by atoms with E-state index in [4.69, 9.17) is 4.84 Å². The fourth-order valence-corrected chi connectivity index (χ4v) is 5.49. The Kier molecular flexibility index (Phi) is 6.38. The number of carbonyl (C=O) groups excluding carboxylic acids is 1. The lowest BCUT2D eigenvalue weighted by atomic mass is 10.0. The summed E-state index contributed by atoms with van der Waals surface area (Å²) in [7, 11) is 0. The zero-order chi connectivity index (χ0) is 26.5. The molecule has 1 amide bonds. The first-order valence-corrected chi connectivity index (χ1v) is 12.2. The van der Waals surface area contributed by atoms with E-state index in [1.807, 2.05) is 0 Å². The molecule has 0 spiro atoms. The van der Waals surface area contributed by atoms with E-state index < -0.39 is 35.5 Å². The quantitative estimate of drug-likeness (QED) is 0.532. The molecule has 0 aliphatic carbocycles. The fourth-order valence-electron chi connectivity index (χ4n) is 4.53. The highest BCUT2D eigenvalue weighted by Gasteiger charge is 2.47. The van der Waals surface area contributed by atoms with Crippen LogP contribution in [0.4, 0.5) is 22.0 Å². The molecule has 1 aromatic heterocycles. The minimum Gasteiger partial charge on any atom is -0.387 e. The average Bonchev–Trinajstić information content (AvgIpc) is 3.58. The second-order valence-corrected chi connectivity index (χ2v) is 9.62. The van der Waals surface area contributed by atoms with Crippen LogP contribution < -0.4 is 5.43 Å². The number of hydrogen-bond acceptors (Lipinski definition) is 7. The predicted molar refractivity (Wildman–Crippen MR) is 123 cm³/mol. The number of benzene rings is 1. The van der Waals surface area contributed by atoms with Crippen molar-refractivity contribution >= 4 is 28.7 Å². The van der Waals surface area contributed by atoms with Crippen LogP contribution in [0.15, 0.2) is 45.2 Å². The molecule has 3 aliphatic rings. The maximum atomic E-state index is 14.1. The van der Waals surface area contributed by atoms with Gasteiger partial charge in [-0.2, -0.15) is 18.6 Å². The molecule has 37 heavy (non-hydrogen) atoms. The molecule has 1 aromatic carbocycles. The first-order valence-electron chi connectivity index (χ1n) is 11.3. The number of halogens is 5. The van der Waals surface area contributed by atoms with Gasteiger partial charge in [-0.3, -0.25) is 14.8 Å². The van der Waals surface area contributed by atoms with Gasteiger partial charge in [-0.1, -0.05) is 11.2 Å². The van der Waals surface area contributed by atoms with Crippen molar-refractivity contribution < 1.29 is 31.6 Å². The number of hydrazine groups is 1. The maximum Gasteiger partial charge on any atom is 0.437 e. The number of rotatable bonds is 4. The lowest BCUT2D eigenvalue weighted by Gasteiger charge is -2.43. The number of aromatic nitrogens is 1. The van der Waals surface area contributed by atoms with Crippen molar-refractivity contribution in [2.24, 2.45) is 10.3 Å². The zero-order valence-corrected chi connectivity index (χ0v) is 20.4. The Bertz CT molecular complexity index is 1320. The summed E-state index contributed by atoms with van der Waals surface area (Å²) in [5.41, 5.74) is 3.00. The Morgan fingerprint density at radius 2 is 1.95 bits per heavy atom. The molecule has 8 nitrogen and oxygen atoms in total. The summed E-state index contributed by atoms with van der Waals surface area (Å²) < 4.78 is 68.8. The summed E-state index contributed by atoms with van der Waals surface area (Å²) in [4.78, 5) is 22.3. The van der Waals surface area contributed by atoms with Crippen molar-refractivity contribution in [3.05, 3.63) is 62.9 Å². The number of allylic oxidation sites excluding steroid dienone is 2. The van der Waals surface area contributed by atoms with Crippen LogP contribution in [0.2, 0.25) is 0 Å². The Morgan fingerprint density at radius 3 is 2.62 bits per heavy atom. The normalized spacial score (nSPS) is 22.1. The molecule has 1 fully saturated rings. The predicted octanol–water partition coefficient (Wildman–Crippen LogP) is 4.61. The fraction of sp³-hybridized carbons (Fsp3) is 0.391. The molecule has 1 saturated heterocycles. The molecule has 3 aliphatic heterocycles. The minimum atomic E-state index is -4.71. The van der Waals surface area contributed by atoms with Gasteiger partial charge in [-0.25, -0.2) is 13.8 Å². The van der Waals surface area contributed by atoms with Crippen molar-refractivity contribution in [1.29, 1.82) is 0 Å². The van der Waals surface area contributed by atoms with Crippen LogP contribution >= 0.6 is 11.3 Å². The van der Waals surface area contributed by atoms with E-state index in [1.54, 1.807) is 5.38 Å². The zero-order valence-electron chi connectivity index (χ0n) is 19.6. The first-order chi connectivity index (χ1) is 17.5. The van der Waals surface area contributed by atoms with Gasteiger partial charge >= 0.3 is 6.18 Å². The molecule has 2 unspecified atom stereocenters. The maximum absolute atomic E-state index is 14.1. The molecule has 2 aromatic rings.